The van der Waals surface area contributed by atoms with E-state index in [-0.39, 0.29) is 10.8 Å². The summed E-state index contributed by atoms with van der Waals surface area (Å²) < 4.78 is 6.29. The molecule has 0 aromatic heterocycles. The zero-order valence-electron chi connectivity index (χ0n) is 27.8. The summed E-state index contributed by atoms with van der Waals surface area (Å²) in [5.74, 6) is 0. The monoisotopic (exact) mass is 684 g/mol. The Labute approximate surface area is 297 Å². The van der Waals surface area contributed by atoms with E-state index in [1.165, 1.54) is 48.7 Å². The van der Waals surface area contributed by atoms with E-state index in [0.717, 1.165) is 25.2 Å². The van der Waals surface area contributed by atoms with Crippen LogP contribution in [-0.2, 0) is 10.8 Å². The van der Waals surface area contributed by atoms with Crippen molar-refractivity contribution in [1.29, 1.82) is 0 Å². The van der Waals surface area contributed by atoms with Gasteiger partial charge >= 0.3 is 10.9 Å². The molecule has 6 aromatic carbocycles. The summed E-state index contributed by atoms with van der Waals surface area (Å²) in [4.78, 5) is 1.50. The van der Waals surface area contributed by atoms with Gasteiger partial charge in [-0.2, -0.15) is 0 Å². The summed E-state index contributed by atoms with van der Waals surface area (Å²) in [7, 11) is -1.37. The maximum absolute atomic E-state index is 6.75. The van der Waals surface area contributed by atoms with Gasteiger partial charge in [-0.05, 0) is 58.0 Å². The molecule has 0 aliphatic carbocycles. The third-order valence-electron chi connectivity index (χ3n) is 10.1. The minimum atomic E-state index is -0.683. The molecule has 2 aliphatic heterocycles. The quantitative estimate of drug-likeness (QED) is 0.0725. The lowest BCUT2D eigenvalue weighted by Crippen LogP contribution is -2.39. The molecule has 0 saturated carbocycles. The van der Waals surface area contributed by atoms with Crippen LogP contribution in [0.5, 0.6) is 0 Å². The summed E-state index contributed by atoms with van der Waals surface area (Å²) in [5, 5.41) is 2.84. The molecule has 6 heteroatoms. The van der Waals surface area contributed by atoms with Crippen molar-refractivity contribution in [3.8, 4) is 0 Å². The Hall–Kier alpha value is -5.06. The van der Waals surface area contributed by atoms with Gasteiger partial charge in [-0.25, -0.2) is 0 Å². The molecule has 0 amide bonds. The highest BCUT2D eigenvalue weighted by Crippen LogP contribution is 2.59. The van der Waals surface area contributed by atoms with Crippen LogP contribution in [0.4, 0.5) is 0 Å². The van der Waals surface area contributed by atoms with E-state index in [4.69, 9.17) is 15.7 Å². The van der Waals surface area contributed by atoms with Gasteiger partial charge in [0, 0.05) is 15.8 Å². The van der Waals surface area contributed by atoms with E-state index in [1.807, 2.05) is 0 Å². The Balaban J connectivity index is 0.00000126. The fourth-order valence-corrected chi connectivity index (χ4v) is 13.7. The summed E-state index contributed by atoms with van der Waals surface area (Å²) in [5.41, 5.74) is 21.0. The van der Waals surface area contributed by atoms with E-state index in [9.17, 15) is 0 Å². The highest BCUT2D eigenvalue weighted by molar-refractivity contribution is 7.84. The molecule has 2 atom stereocenters. The molecule has 8 rings (SSSR count). The van der Waals surface area contributed by atoms with Crippen LogP contribution in [0.1, 0.15) is 35.1 Å². The van der Waals surface area contributed by atoms with Gasteiger partial charge in [0.15, 0.2) is 0 Å². The minimum absolute atomic E-state index is 0.309. The van der Waals surface area contributed by atoms with Crippen LogP contribution in [0, 0.1) is 0 Å². The van der Waals surface area contributed by atoms with Crippen molar-refractivity contribution < 1.29 is 0 Å². The molecule has 2 fully saturated rings. The highest BCUT2D eigenvalue weighted by atomic mass is 31.1. The van der Waals surface area contributed by atoms with Gasteiger partial charge in [0.25, 0.3) is 0 Å². The summed E-state index contributed by atoms with van der Waals surface area (Å²) >= 11 is 0. The lowest BCUT2D eigenvalue weighted by atomic mass is 9.72. The van der Waals surface area contributed by atoms with Crippen LogP contribution in [0.3, 0.4) is 0 Å². The molecule has 0 N–H and O–H groups in total. The maximum Gasteiger partial charge on any atom is 0.318 e. The zero-order chi connectivity index (χ0) is 34.2. The number of benzene rings is 6. The van der Waals surface area contributed by atoms with Crippen molar-refractivity contribution in [3.05, 3.63) is 220 Å². The number of nitrogens with zero attached hydrogens (tertiary/aromatic N) is 4. The van der Waals surface area contributed by atoms with Crippen LogP contribution >= 0.6 is 15.8 Å². The molecule has 0 spiro atoms. The molecular formula is C44H38N4P2. The fourth-order valence-electron chi connectivity index (χ4n) is 7.90. The Morgan fingerprint density at radius 2 is 0.620 bits per heavy atom. The molecule has 2 saturated heterocycles. The van der Waals surface area contributed by atoms with Crippen LogP contribution in [0.25, 0.3) is 16.0 Å². The van der Waals surface area contributed by atoms with Crippen LogP contribution in [0.2, 0.25) is 0 Å². The van der Waals surface area contributed by atoms with Crippen molar-refractivity contribution >= 4 is 37.4 Å². The topological polar surface area (TPSA) is 72.8 Å². The first-order valence-corrected chi connectivity index (χ1v) is 20.1. The van der Waals surface area contributed by atoms with Crippen molar-refractivity contribution in [1.82, 2.24) is 4.67 Å². The summed E-state index contributed by atoms with van der Waals surface area (Å²) in [6.07, 6.45) is 4.31. The maximum atomic E-state index is 6.75. The molecule has 50 heavy (non-hydrogen) atoms. The molecule has 2 unspecified atom stereocenters. The van der Waals surface area contributed by atoms with Gasteiger partial charge in [0.1, 0.15) is 10.8 Å². The second-order valence-corrected chi connectivity index (χ2v) is 17.1. The third-order valence-corrected chi connectivity index (χ3v) is 15.3. The van der Waals surface area contributed by atoms with E-state index in [1.54, 1.807) is 0 Å². The Morgan fingerprint density at radius 1 is 0.380 bits per heavy atom. The summed E-state index contributed by atoms with van der Waals surface area (Å²) in [6, 6.07) is 67.4. The predicted octanol–water partition coefficient (Wildman–Crippen LogP) is 10.1. The first kappa shape index (κ1) is 33.4. The average molecular weight is 685 g/mol. The standard InChI is InChI=1S/C44H38NP2.N3/c1-7-19-35(20-8-1)43(36-21-9-2-10-22-36)31-33-46(39-27-15-5-16-28-39)41(43)45-42-44(37-23-11-3-12-24-37,38-25-13-4-14-26-38)32-34-47(42)40-29-17-6-18-30-40;1-3-2/h1-30H,31-34H2;/q+1;-1. The highest BCUT2D eigenvalue weighted by Gasteiger charge is 2.59. The second-order valence-electron chi connectivity index (χ2n) is 12.6. The molecule has 0 radical (unpaired) electrons. The van der Waals surface area contributed by atoms with E-state index < -0.39 is 15.8 Å². The smallest absolute Gasteiger partial charge is 0.318 e. The van der Waals surface area contributed by atoms with E-state index >= 15 is 0 Å². The number of hydrogen-bond donors (Lipinski definition) is 0. The molecular weight excluding hydrogens is 646 g/mol. The zero-order valence-corrected chi connectivity index (χ0v) is 29.6. The Kier molecular flexibility index (Phi) is 10.2. The van der Waals surface area contributed by atoms with Crippen molar-refractivity contribution in [2.45, 2.75) is 23.7 Å². The van der Waals surface area contributed by atoms with Gasteiger partial charge in [-0.1, -0.05) is 187 Å². The van der Waals surface area contributed by atoms with Gasteiger partial charge < -0.3 is 11.1 Å². The number of hydrogen-bond acceptors (Lipinski definition) is 0. The van der Waals surface area contributed by atoms with Gasteiger partial charge in [0.05, 0.1) is 0 Å². The number of rotatable bonds is 6. The van der Waals surface area contributed by atoms with Gasteiger partial charge in [-0.3, -0.25) is 4.91 Å². The van der Waals surface area contributed by atoms with Gasteiger partial charge in [0.2, 0.25) is 0 Å². The summed E-state index contributed by atoms with van der Waals surface area (Å²) in [6.45, 7) is 0. The molecule has 4 nitrogen and oxygen atoms in total. The van der Waals surface area contributed by atoms with E-state index in [0.29, 0.717) is 0 Å². The van der Waals surface area contributed by atoms with Crippen molar-refractivity contribution in [3.63, 3.8) is 0 Å². The Morgan fingerprint density at radius 3 is 0.880 bits per heavy atom. The minimum Gasteiger partial charge on any atom is -0.373 e. The molecule has 2 aliphatic rings. The predicted molar refractivity (Wildman–Crippen MR) is 215 cm³/mol. The average Bonchev–Trinajstić information content (AvgIpc) is 3.78. The van der Waals surface area contributed by atoms with Crippen LogP contribution < -0.4 is 15.3 Å². The van der Waals surface area contributed by atoms with Crippen molar-refractivity contribution in [2.75, 3.05) is 12.3 Å². The molecule has 0 bridgehead atoms. The largest absolute Gasteiger partial charge is 0.373 e. The fraction of sp³-hybridized carbons (Fsp3) is 0.136. The second kappa shape index (κ2) is 15.2. The Bertz CT molecular complexity index is 1890. The first-order chi connectivity index (χ1) is 24.7. The molecule has 6 aromatic rings. The SMILES string of the molecule is [N-]=[N+]=[N-].c1ccc(P2CCC(c3ccccc3)(c3ccccc3)C2=[N+]=C2P(c3ccccc3)CCC2(c2ccccc2)c2ccccc2)cc1. The molecule has 244 valence electrons. The van der Waals surface area contributed by atoms with Crippen LogP contribution in [-0.4, -0.2) is 23.2 Å². The molecule has 2 heterocycles. The van der Waals surface area contributed by atoms with Gasteiger partial charge in [-0.15, -0.1) is 0 Å². The normalized spacial score (nSPS) is 18.7. The van der Waals surface area contributed by atoms with Crippen LogP contribution in [0.15, 0.2) is 182 Å². The lowest BCUT2D eigenvalue weighted by molar-refractivity contribution is 0.677. The lowest BCUT2D eigenvalue weighted by Gasteiger charge is -2.28. The van der Waals surface area contributed by atoms with E-state index in [2.05, 4.69) is 182 Å². The third kappa shape index (κ3) is 6.14. The van der Waals surface area contributed by atoms with Crippen molar-refractivity contribution in [2.24, 2.45) is 0 Å². The first-order valence-electron chi connectivity index (χ1n) is 17.0.